The maximum Gasteiger partial charge on any atom is 0.227 e. The first-order valence-electron chi connectivity index (χ1n) is 10.2. The van der Waals surface area contributed by atoms with Crippen molar-refractivity contribution in [2.75, 3.05) is 37.5 Å². The number of ether oxygens (including phenoxy) is 2. The fourth-order valence-corrected chi connectivity index (χ4v) is 2.99. The molecule has 0 bridgehead atoms. The van der Waals surface area contributed by atoms with Crippen LogP contribution in [0.2, 0.25) is 0 Å². The second-order valence-corrected chi connectivity index (χ2v) is 7.32. The van der Waals surface area contributed by atoms with Gasteiger partial charge in [-0.1, -0.05) is 0 Å². The van der Waals surface area contributed by atoms with Gasteiger partial charge in [-0.05, 0) is 49.1 Å². The van der Waals surface area contributed by atoms with E-state index in [4.69, 9.17) is 9.47 Å². The summed E-state index contributed by atoms with van der Waals surface area (Å²) in [4.78, 5) is 13.2. The molecular formula is C23H24N6O2. The van der Waals surface area contributed by atoms with Crippen LogP contribution in [0.4, 0.5) is 17.5 Å². The number of aromatic nitrogens is 3. The van der Waals surface area contributed by atoms with Crippen LogP contribution in [-0.2, 0) is 4.74 Å². The zero-order chi connectivity index (χ0) is 21.5. The number of methoxy groups -OCH3 is 1. The maximum absolute atomic E-state index is 9.53. The van der Waals surface area contributed by atoms with E-state index >= 15 is 0 Å². The molecule has 2 N–H and O–H groups in total. The van der Waals surface area contributed by atoms with Gasteiger partial charge in [-0.25, -0.2) is 15.0 Å². The van der Waals surface area contributed by atoms with Gasteiger partial charge in [0.1, 0.15) is 17.6 Å². The monoisotopic (exact) mass is 416 g/mol. The summed E-state index contributed by atoms with van der Waals surface area (Å²) < 4.78 is 10.8. The van der Waals surface area contributed by atoms with E-state index < -0.39 is 0 Å². The molecule has 158 valence electrons. The van der Waals surface area contributed by atoms with Gasteiger partial charge in [0, 0.05) is 43.4 Å². The molecule has 0 radical (unpaired) electrons. The maximum atomic E-state index is 9.53. The number of hydrogen-bond donors (Lipinski definition) is 2. The Morgan fingerprint density at radius 2 is 2.00 bits per heavy atom. The standard InChI is InChI=1S/C23H24N6O2/c1-30-11-10-26-22-13-19(6-8-25-22)28-23-27-9-7-20(29-23)17-4-5-21(18(12-17)14-24)31-15-16-2-3-16/h4-9,12-13,16H,2-3,10-11,15H2,1H3,(H2,25,26,27,28,29). The number of anilines is 3. The number of nitriles is 1. The lowest BCUT2D eigenvalue weighted by atomic mass is 10.1. The van der Waals surface area contributed by atoms with Crippen molar-refractivity contribution in [3.8, 4) is 23.1 Å². The third-order valence-corrected chi connectivity index (χ3v) is 4.85. The van der Waals surface area contributed by atoms with Crippen molar-refractivity contribution in [3.05, 3.63) is 54.4 Å². The van der Waals surface area contributed by atoms with Gasteiger partial charge >= 0.3 is 0 Å². The number of nitrogens with zero attached hydrogens (tertiary/aromatic N) is 4. The van der Waals surface area contributed by atoms with E-state index in [1.165, 1.54) is 12.8 Å². The van der Waals surface area contributed by atoms with Crippen molar-refractivity contribution in [1.29, 1.82) is 5.26 Å². The molecule has 2 heterocycles. The fourth-order valence-electron chi connectivity index (χ4n) is 2.99. The second-order valence-electron chi connectivity index (χ2n) is 7.32. The van der Waals surface area contributed by atoms with Crippen LogP contribution in [0.3, 0.4) is 0 Å². The van der Waals surface area contributed by atoms with Gasteiger partial charge in [-0.2, -0.15) is 5.26 Å². The summed E-state index contributed by atoms with van der Waals surface area (Å²) >= 11 is 0. The van der Waals surface area contributed by atoms with Crippen molar-refractivity contribution < 1.29 is 9.47 Å². The molecule has 3 aromatic rings. The predicted octanol–water partition coefficient (Wildman–Crippen LogP) is 4.00. The lowest BCUT2D eigenvalue weighted by molar-refractivity contribution is 0.210. The molecule has 0 unspecified atom stereocenters. The van der Waals surface area contributed by atoms with Crippen molar-refractivity contribution in [1.82, 2.24) is 15.0 Å². The molecule has 8 nitrogen and oxygen atoms in total. The molecular weight excluding hydrogens is 392 g/mol. The average Bonchev–Trinajstić information content (AvgIpc) is 3.63. The quantitative estimate of drug-likeness (QED) is 0.478. The van der Waals surface area contributed by atoms with Crippen molar-refractivity contribution in [2.24, 2.45) is 5.92 Å². The predicted molar refractivity (Wildman–Crippen MR) is 118 cm³/mol. The first-order chi connectivity index (χ1) is 15.2. The van der Waals surface area contributed by atoms with Gasteiger partial charge in [0.15, 0.2) is 0 Å². The molecule has 0 atom stereocenters. The molecule has 0 saturated heterocycles. The Balaban J connectivity index is 1.48. The van der Waals surface area contributed by atoms with Gasteiger partial charge in [0.05, 0.1) is 24.5 Å². The summed E-state index contributed by atoms with van der Waals surface area (Å²) in [7, 11) is 1.66. The molecule has 4 rings (SSSR count). The summed E-state index contributed by atoms with van der Waals surface area (Å²) in [6, 6.07) is 13.3. The number of hydrogen-bond acceptors (Lipinski definition) is 8. The third kappa shape index (κ3) is 5.68. The van der Waals surface area contributed by atoms with E-state index in [1.807, 2.05) is 30.3 Å². The van der Waals surface area contributed by atoms with E-state index in [9.17, 15) is 5.26 Å². The summed E-state index contributed by atoms with van der Waals surface area (Å²) in [6.07, 6.45) is 5.81. The Labute approximate surface area is 181 Å². The van der Waals surface area contributed by atoms with Crippen LogP contribution in [0.5, 0.6) is 5.75 Å². The van der Waals surface area contributed by atoms with E-state index in [2.05, 4.69) is 31.7 Å². The summed E-state index contributed by atoms with van der Waals surface area (Å²) in [5, 5.41) is 15.9. The lowest BCUT2D eigenvalue weighted by Crippen LogP contribution is -2.09. The van der Waals surface area contributed by atoms with Crippen LogP contribution in [0.25, 0.3) is 11.3 Å². The highest BCUT2D eigenvalue weighted by Crippen LogP contribution is 2.31. The van der Waals surface area contributed by atoms with Gasteiger partial charge in [0.25, 0.3) is 0 Å². The highest BCUT2D eigenvalue weighted by Gasteiger charge is 2.22. The minimum Gasteiger partial charge on any atom is -0.492 e. The fraction of sp³-hybridized carbons (Fsp3) is 0.304. The number of benzene rings is 1. The summed E-state index contributed by atoms with van der Waals surface area (Å²) in [5.74, 6) is 2.44. The Bertz CT molecular complexity index is 1080. The van der Waals surface area contributed by atoms with Crippen LogP contribution < -0.4 is 15.4 Å². The molecule has 8 heteroatoms. The Kier molecular flexibility index (Phi) is 6.55. The van der Waals surface area contributed by atoms with Crippen LogP contribution in [0.1, 0.15) is 18.4 Å². The molecule has 1 aliphatic rings. The van der Waals surface area contributed by atoms with Crippen molar-refractivity contribution in [2.45, 2.75) is 12.8 Å². The molecule has 2 aromatic heterocycles. The Morgan fingerprint density at radius 3 is 2.81 bits per heavy atom. The largest absolute Gasteiger partial charge is 0.492 e. The second kappa shape index (κ2) is 9.87. The smallest absolute Gasteiger partial charge is 0.227 e. The van der Waals surface area contributed by atoms with E-state index in [0.29, 0.717) is 42.9 Å². The van der Waals surface area contributed by atoms with Crippen LogP contribution in [0.15, 0.2) is 48.8 Å². The first-order valence-corrected chi connectivity index (χ1v) is 10.2. The van der Waals surface area contributed by atoms with E-state index in [0.717, 1.165) is 22.8 Å². The topological polar surface area (TPSA) is 105 Å². The average molecular weight is 416 g/mol. The number of pyridine rings is 1. The minimum absolute atomic E-state index is 0.458. The minimum atomic E-state index is 0.458. The van der Waals surface area contributed by atoms with Gasteiger partial charge < -0.3 is 20.1 Å². The third-order valence-electron chi connectivity index (χ3n) is 4.85. The van der Waals surface area contributed by atoms with E-state index in [1.54, 1.807) is 25.6 Å². The lowest BCUT2D eigenvalue weighted by Gasteiger charge is -2.10. The van der Waals surface area contributed by atoms with Crippen LogP contribution in [0, 0.1) is 17.2 Å². The Hall–Kier alpha value is -3.70. The SMILES string of the molecule is COCCNc1cc(Nc2nccc(-c3ccc(OCC4CC4)c(C#N)c3)n2)ccn1. The molecule has 31 heavy (non-hydrogen) atoms. The van der Waals surface area contributed by atoms with E-state index in [-0.39, 0.29) is 0 Å². The molecule has 0 aliphatic heterocycles. The van der Waals surface area contributed by atoms with Gasteiger partial charge in [-0.15, -0.1) is 0 Å². The highest BCUT2D eigenvalue weighted by molar-refractivity contribution is 5.66. The van der Waals surface area contributed by atoms with Gasteiger partial charge in [-0.3, -0.25) is 0 Å². The molecule has 1 aromatic carbocycles. The number of rotatable bonds is 10. The van der Waals surface area contributed by atoms with Crippen LogP contribution in [-0.4, -0.2) is 41.8 Å². The zero-order valence-corrected chi connectivity index (χ0v) is 17.3. The Morgan fingerprint density at radius 1 is 1.13 bits per heavy atom. The van der Waals surface area contributed by atoms with Crippen molar-refractivity contribution >= 4 is 17.5 Å². The molecule has 0 amide bonds. The van der Waals surface area contributed by atoms with Gasteiger partial charge in [0.2, 0.25) is 5.95 Å². The highest BCUT2D eigenvalue weighted by atomic mass is 16.5. The zero-order valence-electron chi connectivity index (χ0n) is 17.3. The van der Waals surface area contributed by atoms with Crippen molar-refractivity contribution in [3.63, 3.8) is 0 Å². The molecule has 1 fully saturated rings. The summed E-state index contributed by atoms with van der Waals surface area (Å²) in [5.41, 5.74) is 2.87. The molecule has 1 saturated carbocycles. The molecule has 0 spiro atoms. The molecule has 1 aliphatic carbocycles. The number of nitrogens with one attached hydrogen (secondary N) is 2. The van der Waals surface area contributed by atoms with Crippen LogP contribution >= 0.6 is 0 Å². The summed E-state index contributed by atoms with van der Waals surface area (Å²) in [6.45, 7) is 1.93. The normalized spacial score (nSPS) is 12.8. The first kappa shape index (κ1) is 20.6.